The molecule has 1 saturated heterocycles. The highest BCUT2D eigenvalue weighted by atomic mass is 79.9. The molecular weight excluding hydrogens is 376 g/mol. The predicted octanol–water partition coefficient (Wildman–Crippen LogP) is 2.47. The van der Waals surface area contributed by atoms with Crippen molar-refractivity contribution in [1.29, 1.82) is 0 Å². The van der Waals surface area contributed by atoms with Crippen molar-refractivity contribution in [2.75, 3.05) is 13.2 Å². The first kappa shape index (κ1) is 17.0. The van der Waals surface area contributed by atoms with E-state index < -0.39 is 12.0 Å². The summed E-state index contributed by atoms with van der Waals surface area (Å²) in [4.78, 5) is 27.1. The van der Waals surface area contributed by atoms with Gasteiger partial charge in [-0.3, -0.25) is 4.79 Å². The van der Waals surface area contributed by atoms with E-state index in [1.165, 1.54) is 0 Å². The van der Waals surface area contributed by atoms with Crippen molar-refractivity contribution in [3.63, 3.8) is 0 Å². The fraction of sp³-hybridized carbons (Fsp3) is 0.412. The Morgan fingerprint density at radius 3 is 2.83 bits per heavy atom. The maximum atomic E-state index is 12.3. The molecule has 24 heavy (non-hydrogen) atoms. The van der Waals surface area contributed by atoms with Crippen LogP contribution in [0, 0.1) is 5.92 Å². The summed E-state index contributed by atoms with van der Waals surface area (Å²) in [6, 6.07) is 4.80. The van der Waals surface area contributed by atoms with E-state index in [9.17, 15) is 14.7 Å². The van der Waals surface area contributed by atoms with Gasteiger partial charge in [-0.05, 0) is 30.5 Å². The lowest BCUT2D eigenvalue weighted by molar-refractivity contribution is -0.143. The van der Waals surface area contributed by atoms with E-state index in [1.54, 1.807) is 6.20 Å². The van der Waals surface area contributed by atoms with Gasteiger partial charge in [0.2, 0.25) is 5.91 Å². The molecule has 1 amide bonds. The summed E-state index contributed by atoms with van der Waals surface area (Å²) < 4.78 is 6.14. The normalized spacial score (nSPS) is 16.9. The van der Waals surface area contributed by atoms with Gasteiger partial charge in [-0.1, -0.05) is 22.0 Å². The average Bonchev–Trinajstić information content (AvgIpc) is 2.99. The number of benzene rings is 1. The number of aliphatic carboxylic acids is 1. The number of H-pyrrole nitrogens is 1. The van der Waals surface area contributed by atoms with Crippen LogP contribution >= 0.6 is 15.9 Å². The van der Waals surface area contributed by atoms with Gasteiger partial charge in [-0.15, -0.1) is 0 Å². The van der Waals surface area contributed by atoms with Gasteiger partial charge in [-0.25, -0.2) is 4.79 Å². The Bertz CT molecular complexity index is 752. The molecule has 6 nitrogen and oxygen atoms in total. The maximum Gasteiger partial charge on any atom is 0.326 e. The summed E-state index contributed by atoms with van der Waals surface area (Å²) >= 11 is 3.50. The quantitative estimate of drug-likeness (QED) is 0.726. The first-order chi connectivity index (χ1) is 11.6. The van der Waals surface area contributed by atoms with Gasteiger partial charge in [0.15, 0.2) is 0 Å². The number of rotatable bonds is 5. The van der Waals surface area contributed by atoms with Crippen molar-refractivity contribution in [3.05, 3.63) is 34.4 Å². The lowest BCUT2D eigenvalue weighted by atomic mass is 9.98. The Morgan fingerprint density at radius 2 is 2.12 bits per heavy atom. The second-order valence-electron chi connectivity index (χ2n) is 5.97. The van der Waals surface area contributed by atoms with Crippen LogP contribution in [0.2, 0.25) is 0 Å². The molecule has 1 atom stereocenters. The van der Waals surface area contributed by atoms with E-state index >= 15 is 0 Å². The molecule has 1 aromatic carbocycles. The minimum atomic E-state index is -1.03. The number of carbonyl (C=O) groups is 2. The highest BCUT2D eigenvalue weighted by Crippen LogP contribution is 2.28. The van der Waals surface area contributed by atoms with Gasteiger partial charge in [0.25, 0.3) is 0 Å². The summed E-state index contributed by atoms with van der Waals surface area (Å²) in [5.74, 6) is -1.41. The van der Waals surface area contributed by atoms with Crippen molar-refractivity contribution in [1.82, 2.24) is 10.3 Å². The Kier molecular flexibility index (Phi) is 5.20. The Balaban J connectivity index is 1.76. The van der Waals surface area contributed by atoms with Crippen molar-refractivity contribution in [3.8, 4) is 0 Å². The molecule has 3 rings (SSSR count). The first-order valence-electron chi connectivity index (χ1n) is 7.91. The maximum absolute atomic E-state index is 12.3. The van der Waals surface area contributed by atoms with Gasteiger partial charge in [0, 0.05) is 47.1 Å². The second-order valence-corrected chi connectivity index (χ2v) is 6.82. The second kappa shape index (κ2) is 7.36. The molecule has 0 bridgehead atoms. The first-order valence-corrected chi connectivity index (χ1v) is 8.71. The molecule has 2 heterocycles. The third-order valence-electron chi connectivity index (χ3n) is 4.37. The number of ether oxygens (including phenoxy) is 1. The van der Waals surface area contributed by atoms with Gasteiger partial charge < -0.3 is 20.1 Å². The number of fused-ring (bicyclic) bond motifs is 1. The van der Waals surface area contributed by atoms with Crippen LogP contribution in [0.3, 0.4) is 0 Å². The molecule has 1 unspecified atom stereocenters. The standard InChI is InChI=1S/C17H19BrN2O4/c18-12-2-1-3-13-15(12)11(9-19-13)8-14(17(22)23)20-16(21)10-4-6-24-7-5-10/h1-3,9-10,14,19H,4-8H2,(H,20,21)(H,22,23). The number of carboxylic acids is 1. The number of amides is 1. The molecule has 2 aromatic rings. The van der Waals surface area contributed by atoms with Gasteiger partial charge in [0.1, 0.15) is 6.04 Å². The van der Waals surface area contributed by atoms with Crippen LogP contribution in [0.1, 0.15) is 18.4 Å². The van der Waals surface area contributed by atoms with Crippen molar-refractivity contribution in [2.45, 2.75) is 25.3 Å². The lowest BCUT2D eigenvalue weighted by Gasteiger charge is -2.23. The van der Waals surface area contributed by atoms with Gasteiger partial charge in [0.05, 0.1) is 0 Å². The molecule has 7 heteroatoms. The zero-order valence-corrected chi connectivity index (χ0v) is 14.6. The number of halogens is 1. The summed E-state index contributed by atoms with van der Waals surface area (Å²) in [6.45, 7) is 1.09. The molecule has 128 valence electrons. The molecule has 0 saturated carbocycles. The topological polar surface area (TPSA) is 91.4 Å². The Hall–Kier alpha value is -1.86. The molecule has 1 fully saturated rings. The largest absolute Gasteiger partial charge is 0.480 e. The van der Waals surface area contributed by atoms with E-state index in [2.05, 4.69) is 26.2 Å². The van der Waals surface area contributed by atoms with Crippen molar-refractivity contribution in [2.24, 2.45) is 5.92 Å². The number of aromatic nitrogens is 1. The smallest absolute Gasteiger partial charge is 0.326 e. The number of aromatic amines is 1. The van der Waals surface area contributed by atoms with Crippen LogP contribution in [-0.4, -0.2) is 41.2 Å². The number of hydrogen-bond donors (Lipinski definition) is 3. The minimum absolute atomic E-state index is 0.171. The third-order valence-corrected chi connectivity index (χ3v) is 5.03. The molecule has 0 spiro atoms. The van der Waals surface area contributed by atoms with Crippen LogP contribution in [0.25, 0.3) is 10.9 Å². The molecule has 1 aromatic heterocycles. The fourth-order valence-electron chi connectivity index (χ4n) is 3.04. The number of carbonyl (C=O) groups excluding carboxylic acids is 1. The number of hydrogen-bond acceptors (Lipinski definition) is 3. The fourth-order valence-corrected chi connectivity index (χ4v) is 3.66. The molecule has 1 aliphatic heterocycles. The summed E-state index contributed by atoms with van der Waals surface area (Å²) in [5.41, 5.74) is 1.79. The Morgan fingerprint density at radius 1 is 1.38 bits per heavy atom. The van der Waals surface area contributed by atoms with E-state index in [4.69, 9.17) is 4.74 Å². The summed E-state index contributed by atoms with van der Waals surface area (Å²) in [6.07, 6.45) is 3.30. The van der Waals surface area contributed by atoms with Gasteiger partial charge in [-0.2, -0.15) is 0 Å². The summed E-state index contributed by atoms with van der Waals surface area (Å²) in [7, 11) is 0. The van der Waals surface area contributed by atoms with E-state index in [1.807, 2.05) is 18.2 Å². The monoisotopic (exact) mass is 394 g/mol. The highest BCUT2D eigenvalue weighted by Gasteiger charge is 2.27. The van der Waals surface area contributed by atoms with Crippen LogP contribution in [-0.2, 0) is 20.7 Å². The molecule has 1 aliphatic rings. The zero-order valence-electron chi connectivity index (χ0n) is 13.0. The number of carboxylic acid groups (broad SMARTS) is 1. The third kappa shape index (κ3) is 3.62. The molecular formula is C17H19BrN2O4. The van der Waals surface area contributed by atoms with Crippen molar-refractivity contribution < 1.29 is 19.4 Å². The molecule has 3 N–H and O–H groups in total. The zero-order chi connectivity index (χ0) is 17.1. The van der Waals surface area contributed by atoms with Crippen LogP contribution < -0.4 is 5.32 Å². The van der Waals surface area contributed by atoms with Crippen LogP contribution in [0.5, 0.6) is 0 Å². The van der Waals surface area contributed by atoms with E-state index in [0.29, 0.717) is 26.1 Å². The van der Waals surface area contributed by atoms with E-state index in [0.717, 1.165) is 20.9 Å². The number of nitrogens with one attached hydrogen (secondary N) is 2. The molecule has 0 aliphatic carbocycles. The van der Waals surface area contributed by atoms with Crippen LogP contribution in [0.15, 0.2) is 28.9 Å². The van der Waals surface area contributed by atoms with Crippen molar-refractivity contribution >= 4 is 38.7 Å². The van der Waals surface area contributed by atoms with E-state index in [-0.39, 0.29) is 18.2 Å². The molecule has 0 radical (unpaired) electrons. The minimum Gasteiger partial charge on any atom is -0.480 e. The highest BCUT2D eigenvalue weighted by molar-refractivity contribution is 9.10. The Labute approximate surface area is 147 Å². The summed E-state index contributed by atoms with van der Waals surface area (Å²) in [5, 5.41) is 13.1. The predicted molar refractivity (Wildman–Crippen MR) is 92.8 cm³/mol. The SMILES string of the molecule is O=C(NC(Cc1c[nH]c2cccc(Br)c12)C(=O)O)C1CCOCC1. The lowest BCUT2D eigenvalue weighted by Crippen LogP contribution is -2.45. The van der Waals surface area contributed by atoms with Crippen LogP contribution in [0.4, 0.5) is 0 Å². The average molecular weight is 395 g/mol. The van der Waals surface area contributed by atoms with Gasteiger partial charge >= 0.3 is 5.97 Å².